The van der Waals surface area contributed by atoms with Crippen LogP contribution < -0.4 is 16.0 Å². The van der Waals surface area contributed by atoms with Gasteiger partial charge in [-0.05, 0) is 43.5 Å². The summed E-state index contributed by atoms with van der Waals surface area (Å²) in [6, 6.07) is 2.19. The molecule has 2 rings (SSSR count). The summed E-state index contributed by atoms with van der Waals surface area (Å²) >= 11 is 0. The number of carbonyl (C=O) groups excluding carboxylic acids is 1. The normalized spacial score (nSPS) is 16.4. The van der Waals surface area contributed by atoms with Gasteiger partial charge in [0, 0.05) is 31.7 Å². The Kier molecular flexibility index (Phi) is 4.95. The van der Waals surface area contributed by atoms with Crippen molar-refractivity contribution in [2.24, 2.45) is 11.7 Å². The number of hydrogen-bond donors (Lipinski definition) is 2. The van der Waals surface area contributed by atoms with Crippen molar-refractivity contribution in [3.8, 4) is 0 Å². The molecule has 20 heavy (non-hydrogen) atoms. The van der Waals surface area contributed by atoms with E-state index in [9.17, 15) is 4.79 Å². The van der Waals surface area contributed by atoms with Gasteiger partial charge in [-0.15, -0.1) is 0 Å². The lowest BCUT2D eigenvalue weighted by molar-refractivity contribution is -0.122. The lowest BCUT2D eigenvalue weighted by Crippen LogP contribution is -2.39. The number of amides is 1. The highest BCUT2D eigenvalue weighted by Gasteiger charge is 2.24. The molecule has 3 N–H and O–H groups in total. The second-order valence-corrected chi connectivity index (χ2v) is 5.43. The third kappa shape index (κ3) is 3.48. The van der Waals surface area contributed by atoms with E-state index in [1.165, 1.54) is 11.1 Å². The fraction of sp³-hybridized carbons (Fsp3) is 0.600. The lowest BCUT2D eigenvalue weighted by Gasteiger charge is -2.32. The summed E-state index contributed by atoms with van der Waals surface area (Å²) in [5.74, 6) is 0.892. The Labute approximate surface area is 120 Å². The molecule has 1 aromatic heterocycles. The number of hydrogen-bond acceptors (Lipinski definition) is 4. The van der Waals surface area contributed by atoms with Crippen molar-refractivity contribution < 1.29 is 4.79 Å². The van der Waals surface area contributed by atoms with Crippen LogP contribution in [0, 0.1) is 12.8 Å². The SMILES string of the molecule is CCNCc1cnc(N2CCC(C(N)=O)CC2)c(C)c1. The number of anilines is 1. The summed E-state index contributed by atoms with van der Waals surface area (Å²) in [6.07, 6.45) is 3.59. The van der Waals surface area contributed by atoms with E-state index in [1.807, 2.05) is 6.20 Å². The van der Waals surface area contributed by atoms with E-state index < -0.39 is 0 Å². The van der Waals surface area contributed by atoms with Crippen molar-refractivity contribution >= 4 is 11.7 Å². The minimum atomic E-state index is -0.171. The van der Waals surface area contributed by atoms with E-state index >= 15 is 0 Å². The molecule has 110 valence electrons. The van der Waals surface area contributed by atoms with Gasteiger partial charge in [-0.3, -0.25) is 4.79 Å². The number of aromatic nitrogens is 1. The number of piperidine rings is 1. The first kappa shape index (κ1) is 14.8. The molecule has 0 bridgehead atoms. The van der Waals surface area contributed by atoms with Crippen molar-refractivity contribution in [1.29, 1.82) is 0 Å². The van der Waals surface area contributed by atoms with Gasteiger partial charge < -0.3 is 16.0 Å². The Morgan fingerprint density at radius 3 is 2.75 bits per heavy atom. The highest BCUT2D eigenvalue weighted by Crippen LogP contribution is 2.24. The fourth-order valence-electron chi connectivity index (χ4n) is 2.70. The van der Waals surface area contributed by atoms with Crippen molar-refractivity contribution in [1.82, 2.24) is 10.3 Å². The Morgan fingerprint density at radius 1 is 1.50 bits per heavy atom. The number of carbonyl (C=O) groups is 1. The second kappa shape index (κ2) is 6.70. The molecule has 5 nitrogen and oxygen atoms in total. The Hall–Kier alpha value is -1.62. The van der Waals surface area contributed by atoms with E-state index in [4.69, 9.17) is 5.73 Å². The average molecular weight is 276 g/mol. The van der Waals surface area contributed by atoms with Crippen LogP contribution in [0.1, 0.15) is 30.9 Å². The average Bonchev–Trinajstić information content (AvgIpc) is 2.45. The molecule has 1 aliphatic rings. The molecule has 2 heterocycles. The number of nitrogens with two attached hydrogens (primary N) is 1. The second-order valence-electron chi connectivity index (χ2n) is 5.43. The van der Waals surface area contributed by atoms with Gasteiger partial charge in [0.15, 0.2) is 0 Å². The molecule has 0 radical (unpaired) electrons. The van der Waals surface area contributed by atoms with Crippen LogP contribution in [0.5, 0.6) is 0 Å². The van der Waals surface area contributed by atoms with E-state index in [2.05, 4.69) is 35.1 Å². The molecule has 0 atom stereocenters. The zero-order valence-electron chi connectivity index (χ0n) is 12.4. The third-order valence-corrected chi connectivity index (χ3v) is 3.88. The number of rotatable bonds is 5. The van der Waals surface area contributed by atoms with E-state index in [-0.39, 0.29) is 11.8 Å². The topological polar surface area (TPSA) is 71.2 Å². The highest BCUT2D eigenvalue weighted by atomic mass is 16.1. The number of nitrogens with one attached hydrogen (secondary N) is 1. The maximum absolute atomic E-state index is 11.2. The van der Waals surface area contributed by atoms with Crippen LogP contribution in [0.3, 0.4) is 0 Å². The standard InChI is InChI=1S/C15H24N4O/c1-3-17-9-12-8-11(2)15(18-10-12)19-6-4-13(5-7-19)14(16)20/h8,10,13,17H,3-7,9H2,1-2H3,(H2,16,20). The Bertz CT molecular complexity index is 467. The van der Waals surface area contributed by atoms with E-state index in [0.29, 0.717) is 0 Å². The number of primary amides is 1. The third-order valence-electron chi connectivity index (χ3n) is 3.88. The molecule has 0 saturated carbocycles. The molecule has 0 unspecified atom stereocenters. The first-order valence-electron chi connectivity index (χ1n) is 7.32. The molecule has 1 fully saturated rings. The monoisotopic (exact) mass is 276 g/mol. The van der Waals surface area contributed by atoms with Crippen LogP contribution in [0.2, 0.25) is 0 Å². The van der Waals surface area contributed by atoms with Crippen molar-refractivity contribution in [2.45, 2.75) is 33.2 Å². The molecular formula is C15H24N4O. The molecular weight excluding hydrogens is 252 g/mol. The quantitative estimate of drug-likeness (QED) is 0.848. The lowest BCUT2D eigenvalue weighted by atomic mass is 9.96. The minimum absolute atomic E-state index is 0.0274. The molecule has 0 aromatic carbocycles. The van der Waals surface area contributed by atoms with E-state index in [1.54, 1.807) is 0 Å². The molecule has 1 amide bonds. The highest BCUT2D eigenvalue weighted by molar-refractivity contribution is 5.77. The number of pyridine rings is 1. The zero-order valence-corrected chi connectivity index (χ0v) is 12.4. The van der Waals surface area contributed by atoms with E-state index in [0.717, 1.165) is 44.8 Å². The number of nitrogens with zero attached hydrogens (tertiary/aromatic N) is 2. The summed E-state index contributed by atoms with van der Waals surface area (Å²) in [5, 5.41) is 3.30. The largest absolute Gasteiger partial charge is 0.369 e. The molecule has 1 aliphatic heterocycles. The van der Waals surface area contributed by atoms with Crippen LogP contribution in [0.25, 0.3) is 0 Å². The maximum Gasteiger partial charge on any atom is 0.220 e. The molecule has 1 saturated heterocycles. The number of aryl methyl sites for hydroxylation is 1. The van der Waals surface area contributed by atoms with Gasteiger partial charge in [-0.25, -0.2) is 4.98 Å². The van der Waals surface area contributed by atoms with Gasteiger partial charge in [-0.1, -0.05) is 6.92 Å². The zero-order chi connectivity index (χ0) is 14.5. The first-order valence-corrected chi connectivity index (χ1v) is 7.32. The summed E-state index contributed by atoms with van der Waals surface area (Å²) in [7, 11) is 0. The first-order chi connectivity index (χ1) is 9.61. The molecule has 0 spiro atoms. The van der Waals surface area contributed by atoms with Crippen LogP contribution in [-0.4, -0.2) is 30.5 Å². The van der Waals surface area contributed by atoms with Crippen LogP contribution >= 0.6 is 0 Å². The maximum atomic E-state index is 11.2. The van der Waals surface area contributed by atoms with Gasteiger partial charge in [0.1, 0.15) is 5.82 Å². The van der Waals surface area contributed by atoms with Crippen LogP contribution in [0.15, 0.2) is 12.3 Å². The molecule has 1 aromatic rings. The van der Waals surface area contributed by atoms with Crippen LogP contribution in [0.4, 0.5) is 5.82 Å². The van der Waals surface area contributed by atoms with Crippen molar-refractivity contribution in [3.63, 3.8) is 0 Å². The summed E-state index contributed by atoms with van der Waals surface area (Å²) in [4.78, 5) is 18.0. The Balaban J connectivity index is 2.01. The molecule has 0 aliphatic carbocycles. The smallest absolute Gasteiger partial charge is 0.220 e. The van der Waals surface area contributed by atoms with Crippen LogP contribution in [-0.2, 0) is 11.3 Å². The van der Waals surface area contributed by atoms with Gasteiger partial charge in [0.25, 0.3) is 0 Å². The van der Waals surface area contributed by atoms with Gasteiger partial charge >= 0.3 is 0 Å². The minimum Gasteiger partial charge on any atom is -0.369 e. The summed E-state index contributed by atoms with van der Waals surface area (Å²) in [5.41, 5.74) is 7.77. The summed E-state index contributed by atoms with van der Waals surface area (Å²) in [6.45, 7) is 7.72. The fourth-order valence-corrected chi connectivity index (χ4v) is 2.70. The Morgan fingerprint density at radius 2 is 2.20 bits per heavy atom. The van der Waals surface area contributed by atoms with Gasteiger partial charge in [-0.2, -0.15) is 0 Å². The molecule has 5 heteroatoms. The summed E-state index contributed by atoms with van der Waals surface area (Å²) < 4.78 is 0. The van der Waals surface area contributed by atoms with Crippen molar-refractivity contribution in [3.05, 3.63) is 23.4 Å². The van der Waals surface area contributed by atoms with Gasteiger partial charge in [0.2, 0.25) is 5.91 Å². The van der Waals surface area contributed by atoms with Gasteiger partial charge in [0.05, 0.1) is 0 Å². The van der Waals surface area contributed by atoms with Crippen molar-refractivity contribution in [2.75, 3.05) is 24.5 Å². The predicted molar refractivity (Wildman–Crippen MR) is 80.5 cm³/mol. The predicted octanol–water partition coefficient (Wildman–Crippen LogP) is 1.20.